The van der Waals surface area contributed by atoms with E-state index in [9.17, 15) is 9.59 Å². The molecule has 3 aromatic rings. The fraction of sp³-hybridized carbons (Fsp3) is 0.273. The van der Waals surface area contributed by atoms with Gasteiger partial charge in [0.05, 0.1) is 11.8 Å². The van der Waals surface area contributed by atoms with E-state index in [1.165, 1.54) is 10.9 Å². The van der Waals surface area contributed by atoms with Gasteiger partial charge in [-0.1, -0.05) is 35.9 Å². The maximum atomic E-state index is 12.4. The summed E-state index contributed by atoms with van der Waals surface area (Å²) in [5, 5.41) is 7.60. The van der Waals surface area contributed by atoms with Crippen molar-refractivity contribution >= 4 is 40.0 Å². The third-order valence-corrected chi connectivity index (χ3v) is 5.68. The number of para-hydroxylation sites is 1. The van der Waals surface area contributed by atoms with Crippen molar-refractivity contribution in [3.63, 3.8) is 0 Å². The molecule has 1 saturated carbocycles. The van der Waals surface area contributed by atoms with E-state index in [-0.39, 0.29) is 23.7 Å². The van der Waals surface area contributed by atoms with E-state index in [0.29, 0.717) is 23.7 Å². The molecular weight excluding hydrogens is 374 g/mol. The molecule has 0 radical (unpaired) electrons. The number of hydrogen-bond acceptors (Lipinski definition) is 2. The summed E-state index contributed by atoms with van der Waals surface area (Å²) < 4.78 is 0. The molecule has 1 heterocycles. The van der Waals surface area contributed by atoms with E-state index in [1.54, 1.807) is 6.07 Å². The quantitative estimate of drug-likeness (QED) is 0.588. The van der Waals surface area contributed by atoms with Crippen LogP contribution in [0.25, 0.3) is 10.9 Å². The summed E-state index contributed by atoms with van der Waals surface area (Å²) in [6.45, 7) is 2.46. The second-order valence-corrected chi connectivity index (χ2v) is 7.71. The number of carbonyl (C=O) groups excluding carboxylic acids is 2. The topological polar surface area (TPSA) is 74.0 Å². The molecule has 2 aromatic carbocycles. The van der Waals surface area contributed by atoms with Crippen molar-refractivity contribution in [1.29, 1.82) is 0 Å². The van der Waals surface area contributed by atoms with Crippen LogP contribution in [0.1, 0.15) is 17.5 Å². The number of aromatic amines is 1. The normalized spacial score (nSPS) is 18.1. The van der Waals surface area contributed by atoms with Crippen LogP contribution in [-0.4, -0.2) is 23.3 Å². The molecule has 1 aromatic heterocycles. The SMILES string of the molecule is Cc1ccc(NC(=O)C2CC2C(=O)NCCc2c[nH]c3ccccc23)cc1Cl. The maximum absolute atomic E-state index is 12.4. The molecule has 144 valence electrons. The first kappa shape index (κ1) is 18.6. The molecule has 2 amide bonds. The molecule has 3 N–H and O–H groups in total. The van der Waals surface area contributed by atoms with Crippen molar-refractivity contribution in [2.45, 2.75) is 19.8 Å². The first-order chi connectivity index (χ1) is 13.5. The third-order valence-electron chi connectivity index (χ3n) is 5.27. The Labute approximate surface area is 168 Å². The zero-order chi connectivity index (χ0) is 19.7. The fourth-order valence-electron chi connectivity index (χ4n) is 3.47. The Kier molecular flexibility index (Phi) is 5.09. The molecule has 1 fully saturated rings. The van der Waals surface area contributed by atoms with E-state index in [4.69, 9.17) is 11.6 Å². The van der Waals surface area contributed by atoms with Gasteiger partial charge in [0.2, 0.25) is 11.8 Å². The summed E-state index contributed by atoms with van der Waals surface area (Å²) in [7, 11) is 0. The van der Waals surface area contributed by atoms with Crippen LogP contribution in [0, 0.1) is 18.8 Å². The van der Waals surface area contributed by atoms with Gasteiger partial charge in [0, 0.05) is 34.4 Å². The van der Waals surface area contributed by atoms with Gasteiger partial charge >= 0.3 is 0 Å². The summed E-state index contributed by atoms with van der Waals surface area (Å²) in [5.74, 6) is -0.698. The van der Waals surface area contributed by atoms with Crippen molar-refractivity contribution < 1.29 is 9.59 Å². The maximum Gasteiger partial charge on any atom is 0.228 e. The first-order valence-electron chi connectivity index (χ1n) is 9.42. The van der Waals surface area contributed by atoms with Crippen molar-refractivity contribution in [1.82, 2.24) is 10.3 Å². The van der Waals surface area contributed by atoms with Crippen LogP contribution >= 0.6 is 11.6 Å². The van der Waals surface area contributed by atoms with Crippen LogP contribution in [-0.2, 0) is 16.0 Å². The Hall–Kier alpha value is -2.79. The molecule has 4 rings (SSSR count). The molecule has 2 unspecified atom stereocenters. The highest BCUT2D eigenvalue weighted by molar-refractivity contribution is 6.31. The first-order valence-corrected chi connectivity index (χ1v) is 9.80. The van der Waals surface area contributed by atoms with Crippen LogP contribution in [0.5, 0.6) is 0 Å². The van der Waals surface area contributed by atoms with Gasteiger partial charge in [-0.15, -0.1) is 0 Å². The second-order valence-electron chi connectivity index (χ2n) is 7.30. The summed E-state index contributed by atoms with van der Waals surface area (Å²) >= 11 is 6.09. The highest BCUT2D eigenvalue weighted by atomic mass is 35.5. The lowest BCUT2D eigenvalue weighted by Gasteiger charge is -2.07. The number of carbonyl (C=O) groups is 2. The molecule has 0 saturated heterocycles. The number of H-pyrrole nitrogens is 1. The molecular formula is C22H22ClN3O2. The number of fused-ring (bicyclic) bond motifs is 1. The molecule has 5 nitrogen and oxygen atoms in total. The molecule has 28 heavy (non-hydrogen) atoms. The lowest BCUT2D eigenvalue weighted by molar-refractivity contribution is -0.125. The Bertz CT molecular complexity index is 1040. The van der Waals surface area contributed by atoms with Gasteiger partial charge < -0.3 is 15.6 Å². The van der Waals surface area contributed by atoms with Crippen LogP contribution < -0.4 is 10.6 Å². The Balaban J connectivity index is 1.26. The Morgan fingerprint density at radius 2 is 1.93 bits per heavy atom. The third kappa shape index (κ3) is 3.90. The molecule has 2 atom stereocenters. The average molecular weight is 396 g/mol. The lowest BCUT2D eigenvalue weighted by atomic mass is 10.1. The number of aryl methyl sites for hydroxylation is 1. The Morgan fingerprint density at radius 3 is 2.75 bits per heavy atom. The zero-order valence-corrected chi connectivity index (χ0v) is 16.3. The highest BCUT2D eigenvalue weighted by Crippen LogP contribution is 2.39. The molecule has 0 spiro atoms. The second kappa shape index (κ2) is 7.68. The number of hydrogen-bond donors (Lipinski definition) is 3. The standard InChI is InChI=1S/C22H22ClN3O2/c1-13-6-7-15(10-19(13)23)26-22(28)18-11-17(18)21(27)24-9-8-14-12-25-20-5-3-2-4-16(14)20/h2-7,10,12,17-18,25H,8-9,11H2,1H3,(H,24,27)(H,26,28). The predicted octanol–water partition coefficient (Wildman–Crippen LogP) is 4.06. The smallest absolute Gasteiger partial charge is 0.228 e. The van der Waals surface area contributed by atoms with E-state index < -0.39 is 0 Å². The highest BCUT2D eigenvalue weighted by Gasteiger charge is 2.47. The van der Waals surface area contributed by atoms with Crippen molar-refractivity contribution in [3.8, 4) is 0 Å². The van der Waals surface area contributed by atoms with Gasteiger partial charge in [-0.25, -0.2) is 0 Å². The zero-order valence-electron chi connectivity index (χ0n) is 15.6. The van der Waals surface area contributed by atoms with Crippen molar-refractivity contribution in [3.05, 3.63) is 64.8 Å². The van der Waals surface area contributed by atoms with Crippen LogP contribution in [0.2, 0.25) is 5.02 Å². The van der Waals surface area contributed by atoms with Gasteiger partial charge in [-0.2, -0.15) is 0 Å². The summed E-state index contributed by atoms with van der Waals surface area (Å²) in [6.07, 6.45) is 3.32. The van der Waals surface area contributed by atoms with Crippen LogP contribution in [0.15, 0.2) is 48.7 Å². The molecule has 0 bridgehead atoms. The fourth-order valence-corrected chi connectivity index (χ4v) is 3.65. The monoisotopic (exact) mass is 395 g/mol. The number of anilines is 1. The van der Waals surface area contributed by atoms with Crippen LogP contribution in [0.3, 0.4) is 0 Å². The number of benzene rings is 2. The van der Waals surface area contributed by atoms with E-state index in [2.05, 4.69) is 21.7 Å². The number of nitrogens with one attached hydrogen (secondary N) is 3. The van der Waals surface area contributed by atoms with Gasteiger partial charge in [0.1, 0.15) is 0 Å². The Morgan fingerprint density at radius 1 is 1.14 bits per heavy atom. The van der Waals surface area contributed by atoms with Gasteiger partial charge in [-0.3, -0.25) is 9.59 Å². The molecule has 0 aliphatic heterocycles. The largest absolute Gasteiger partial charge is 0.361 e. The minimum absolute atomic E-state index is 0.0538. The molecule has 1 aliphatic carbocycles. The lowest BCUT2D eigenvalue weighted by Crippen LogP contribution is -2.29. The van der Waals surface area contributed by atoms with Crippen LogP contribution in [0.4, 0.5) is 5.69 Å². The molecule has 1 aliphatic rings. The minimum Gasteiger partial charge on any atom is -0.361 e. The number of amides is 2. The average Bonchev–Trinajstić information content (AvgIpc) is 3.40. The van der Waals surface area contributed by atoms with Crippen molar-refractivity contribution in [2.75, 3.05) is 11.9 Å². The predicted molar refractivity (Wildman–Crippen MR) is 111 cm³/mol. The van der Waals surface area contributed by atoms with E-state index in [1.807, 2.05) is 43.5 Å². The summed E-state index contributed by atoms with van der Waals surface area (Å²) in [4.78, 5) is 27.9. The number of rotatable bonds is 6. The van der Waals surface area contributed by atoms with Gasteiger partial charge in [0.25, 0.3) is 0 Å². The van der Waals surface area contributed by atoms with E-state index >= 15 is 0 Å². The minimum atomic E-state index is -0.270. The molecule has 6 heteroatoms. The summed E-state index contributed by atoms with van der Waals surface area (Å²) in [5.41, 5.74) is 3.89. The summed E-state index contributed by atoms with van der Waals surface area (Å²) in [6, 6.07) is 13.5. The van der Waals surface area contributed by atoms with Gasteiger partial charge in [-0.05, 0) is 49.1 Å². The van der Waals surface area contributed by atoms with E-state index in [0.717, 1.165) is 17.5 Å². The van der Waals surface area contributed by atoms with Gasteiger partial charge in [0.15, 0.2) is 0 Å². The van der Waals surface area contributed by atoms with Crippen molar-refractivity contribution in [2.24, 2.45) is 11.8 Å². The number of halogens is 1. The number of aromatic nitrogens is 1.